The lowest BCUT2D eigenvalue weighted by Crippen LogP contribution is -2.47. The van der Waals surface area contributed by atoms with Gasteiger partial charge in [-0.3, -0.25) is 9.69 Å². The fourth-order valence-electron chi connectivity index (χ4n) is 3.75. The van der Waals surface area contributed by atoms with Crippen LogP contribution in [0.15, 0.2) is 60.9 Å². The van der Waals surface area contributed by atoms with Gasteiger partial charge in [0.2, 0.25) is 0 Å². The summed E-state index contributed by atoms with van der Waals surface area (Å²) < 4.78 is 39.2. The molecule has 1 amide bonds. The summed E-state index contributed by atoms with van der Waals surface area (Å²) in [6.45, 7) is 2.08. The maximum absolute atomic E-state index is 12.9. The maximum Gasteiger partial charge on any atom is 0.390 e. The lowest BCUT2D eigenvalue weighted by Gasteiger charge is -2.37. The monoisotopic (exact) mass is 477 g/mol. The van der Waals surface area contributed by atoms with Gasteiger partial charge < -0.3 is 10.2 Å². The molecule has 2 heterocycles. The first-order chi connectivity index (χ1) is 15.8. The lowest BCUT2D eigenvalue weighted by molar-refractivity contribution is -0.138. The largest absolute Gasteiger partial charge is 0.390 e. The van der Waals surface area contributed by atoms with Gasteiger partial charge in [-0.25, -0.2) is 4.68 Å². The van der Waals surface area contributed by atoms with Gasteiger partial charge in [0.1, 0.15) is 0 Å². The summed E-state index contributed by atoms with van der Waals surface area (Å²) in [4.78, 5) is 16.7. The molecule has 0 saturated carbocycles. The summed E-state index contributed by atoms with van der Waals surface area (Å²) in [6.07, 6.45) is -1.47. The summed E-state index contributed by atoms with van der Waals surface area (Å²) >= 11 is 6.20. The molecule has 0 spiro atoms. The van der Waals surface area contributed by atoms with Crippen molar-refractivity contribution in [2.24, 2.45) is 0 Å². The number of benzene rings is 2. The SMILES string of the molecule is O=C(Nc1ccc(Cl)cc1N1CCN(CCC(F)(F)F)CC1)c1ccc(-n2cccn2)cc1. The summed E-state index contributed by atoms with van der Waals surface area (Å²) in [6, 6.07) is 14.1. The number of amides is 1. The van der Waals surface area contributed by atoms with E-state index in [1.54, 1.807) is 46.1 Å². The van der Waals surface area contributed by atoms with Gasteiger partial charge in [0.05, 0.1) is 23.5 Å². The fraction of sp³-hybridized carbons (Fsp3) is 0.304. The normalized spacial score (nSPS) is 15.0. The average Bonchev–Trinajstić information content (AvgIpc) is 3.34. The van der Waals surface area contributed by atoms with E-state index in [-0.39, 0.29) is 12.5 Å². The van der Waals surface area contributed by atoms with Crippen molar-refractivity contribution in [2.45, 2.75) is 12.6 Å². The van der Waals surface area contributed by atoms with Gasteiger partial charge in [0.25, 0.3) is 5.91 Å². The van der Waals surface area contributed by atoms with Gasteiger partial charge in [-0.1, -0.05) is 11.6 Å². The van der Waals surface area contributed by atoms with E-state index in [1.165, 1.54) is 0 Å². The number of carbonyl (C=O) groups is 1. The van der Waals surface area contributed by atoms with Crippen molar-refractivity contribution in [3.63, 3.8) is 0 Å². The molecule has 33 heavy (non-hydrogen) atoms. The molecule has 0 aliphatic carbocycles. The molecular formula is C23H23ClF3N5O. The highest BCUT2D eigenvalue weighted by atomic mass is 35.5. The van der Waals surface area contributed by atoms with Crippen LogP contribution in [-0.2, 0) is 0 Å². The van der Waals surface area contributed by atoms with Crippen LogP contribution >= 0.6 is 11.6 Å². The van der Waals surface area contributed by atoms with Crippen molar-refractivity contribution in [2.75, 3.05) is 42.9 Å². The fourth-order valence-corrected chi connectivity index (χ4v) is 3.92. The minimum Gasteiger partial charge on any atom is -0.367 e. The number of aromatic nitrogens is 2. The summed E-state index contributed by atoms with van der Waals surface area (Å²) in [7, 11) is 0. The number of nitrogens with one attached hydrogen (secondary N) is 1. The van der Waals surface area contributed by atoms with Crippen molar-refractivity contribution in [1.29, 1.82) is 0 Å². The average molecular weight is 478 g/mol. The molecule has 1 N–H and O–H groups in total. The Kier molecular flexibility index (Phi) is 6.90. The molecule has 1 aliphatic heterocycles. The van der Waals surface area contributed by atoms with Gasteiger partial charge in [0.15, 0.2) is 0 Å². The zero-order valence-corrected chi connectivity index (χ0v) is 18.5. The molecule has 4 rings (SSSR count). The molecule has 1 aromatic heterocycles. The van der Waals surface area contributed by atoms with Gasteiger partial charge in [-0.05, 0) is 48.5 Å². The van der Waals surface area contributed by atoms with E-state index in [0.717, 1.165) is 11.4 Å². The minimum absolute atomic E-state index is 0.00892. The Bertz CT molecular complexity index is 1080. The third-order valence-corrected chi connectivity index (χ3v) is 5.77. The quantitative estimate of drug-likeness (QED) is 0.551. The number of anilines is 2. The molecule has 10 heteroatoms. The Morgan fingerprint density at radius 2 is 1.79 bits per heavy atom. The lowest BCUT2D eigenvalue weighted by atomic mass is 10.1. The number of hydrogen-bond acceptors (Lipinski definition) is 4. The highest BCUT2D eigenvalue weighted by molar-refractivity contribution is 6.31. The molecule has 0 atom stereocenters. The molecule has 0 bridgehead atoms. The standard InChI is InChI=1S/C23H23ClF3N5O/c24-18-4-7-20(21(16-18)31-14-12-30(13-15-31)11-8-23(25,26)27)29-22(33)17-2-5-19(6-3-17)32-10-1-9-28-32/h1-7,9-10,16H,8,11-15H2,(H,29,33). The molecule has 6 nitrogen and oxygen atoms in total. The highest BCUT2D eigenvalue weighted by Gasteiger charge is 2.29. The number of hydrogen-bond donors (Lipinski definition) is 1. The van der Waals surface area contributed by atoms with Crippen LogP contribution in [0.25, 0.3) is 5.69 Å². The second-order valence-electron chi connectivity index (χ2n) is 7.81. The van der Waals surface area contributed by atoms with E-state index < -0.39 is 12.6 Å². The number of rotatable bonds is 6. The van der Waals surface area contributed by atoms with Crippen LogP contribution < -0.4 is 10.2 Å². The van der Waals surface area contributed by atoms with Crippen LogP contribution in [0.4, 0.5) is 24.5 Å². The maximum atomic E-state index is 12.9. The van der Waals surface area contributed by atoms with Gasteiger partial charge >= 0.3 is 6.18 Å². The zero-order chi connectivity index (χ0) is 23.4. The topological polar surface area (TPSA) is 53.4 Å². The minimum atomic E-state index is -4.15. The summed E-state index contributed by atoms with van der Waals surface area (Å²) in [5.74, 6) is -0.269. The van der Waals surface area contributed by atoms with E-state index >= 15 is 0 Å². The number of alkyl halides is 3. The predicted molar refractivity (Wildman–Crippen MR) is 122 cm³/mol. The van der Waals surface area contributed by atoms with Crippen LogP contribution in [0.5, 0.6) is 0 Å². The van der Waals surface area contributed by atoms with Crippen LogP contribution in [0.1, 0.15) is 16.8 Å². The van der Waals surface area contributed by atoms with E-state index in [4.69, 9.17) is 11.6 Å². The van der Waals surface area contributed by atoms with Gasteiger partial charge in [-0.2, -0.15) is 18.3 Å². The zero-order valence-electron chi connectivity index (χ0n) is 17.7. The van der Waals surface area contributed by atoms with Crippen molar-refractivity contribution >= 4 is 28.9 Å². The number of piperazine rings is 1. The molecular weight excluding hydrogens is 455 g/mol. The van der Waals surface area contributed by atoms with Crippen LogP contribution in [0, 0.1) is 0 Å². The Labute approximate surface area is 194 Å². The first-order valence-corrected chi connectivity index (χ1v) is 10.9. The van der Waals surface area contributed by atoms with Crippen molar-refractivity contribution in [1.82, 2.24) is 14.7 Å². The molecule has 3 aromatic rings. The molecule has 1 saturated heterocycles. The Hall–Kier alpha value is -3.04. The predicted octanol–water partition coefficient (Wildman–Crippen LogP) is 4.85. The van der Waals surface area contributed by atoms with Crippen LogP contribution in [0.3, 0.4) is 0 Å². The van der Waals surface area contributed by atoms with E-state index in [1.807, 2.05) is 29.3 Å². The Balaban J connectivity index is 1.42. The Morgan fingerprint density at radius 1 is 1.06 bits per heavy atom. The third-order valence-electron chi connectivity index (χ3n) is 5.53. The summed E-state index contributed by atoms with van der Waals surface area (Å²) in [5, 5.41) is 7.63. The first kappa shape index (κ1) is 23.1. The van der Waals surface area contributed by atoms with E-state index in [9.17, 15) is 18.0 Å². The molecule has 174 valence electrons. The van der Waals surface area contributed by atoms with Crippen molar-refractivity contribution in [3.8, 4) is 5.69 Å². The van der Waals surface area contributed by atoms with E-state index in [2.05, 4.69) is 10.4 Å². The second-order valence-corrected chi connectivity index (χ2v) is 8.24. The van der Waals surface area contributed by atoms with Crippen molar-refractivity contribution < 1.29 is 18.0 Å². The van der Waals surface area contributed by atoms with E-state index in [0.29, 0.717) is 42.5 Å². The molecule has 1 fully saturated rings. The summed E-state index contributed by atoms with van der Waals surface area (Å²) in [5.41, 5.74) is 2.68. The second kappa shape index (κ2) is 9.84. The Morgan fingerprint density at radius 3 is 2.42 bits per heavy atom. The first-order valence-electron chi connectivity index (χ1n) is 10.5. The number of carbonyl (C=O) groups excluding carboxylic acids is 1. The molecule has 0 radical (unpaired) electrons. The van der Waals surface area contributed by atoms with Gasteiger partial charge in [-0.15, -0.1) is 0 Å². The highest BCUT2D eigenvalue weighted by Crippen LogP contribution is 2.31. The van der Waals surface area contributed by atoms with Crippen LogP contribution in [-0.4, -0.2) is 59.5 Å². The molecule has 1 aliphatic rings. The van der Waals surface area contributed by atoms with Crippen molar-refractivity contribution in [3.05, 3.63) is 71.5 Å². The van der Waals surface area contributed by atoms with Crippen LogP contribution in [0.2, 0.25) is 5.02 Å². The molecule has 0 unspecified atom stereocenters. The number of halogens is 4. The number of nitrogens with zero attached hydrogens (tertiary/aromatic N) is 4. The van der Waals surface area contributed by atoms with Gasteiger partial charge in [0, 0.05) is 55.7 Å². The smallest absolute Gasteiger partial charge is 0.367 e. The molecule has 2 aromatic carbocycles. The third kappa shape index (κ3) is 6.06.